The van der Waals surface area contributed by atoms with Gasteiger partial charge in [0, 0.05) is 17.6 Å². The van der Waals surface area contributed by atoms with Crippen molar-refractivity contribution in [1.29, 1.82) is 0 Å². The van der Waals surface area contributed by atoms with Gasteiger partial charge in [0.05, 0.1) is 0 Å². The van der Waals surface area contributed by atoms with E-state index in [0.717, 1.165) is 6.54 Å². The normalized spacial score (nSPS) is 21.9. The lowest BCUT2D eigenvalue weighted by Crippen LogP contribution is -2.42. The minimum absolute atomic E-state index is 0.424. The third kappa shape index (κ3) is 1.83. The van der Waals surface area contributed by atoms with Gasteiger partial charge in [0.2, 0.25) is 0 Å². The van der Waals surface area contributed by atoms with E-state index in [1.54, 1.807) is 11.1 Å². The highest BCUT2D eigenvalue weighted by Crippen LogP contribution is 2.45. The molecule has 1 fully saturated rings. The minimum Gasteiger partial charge on any atom is -0.384 e. The van der Waals surface area contributed by atoms with Crippen molar-refractivity contribution in [2.75, 3.05) is 32.0 Å². The fourth-order valence-electron chi connectivity index (χ4n) is 3.68. The first-order valence-corrected chi connectivity index (χ1v) is 7.30. The SMILES string of the molecule is CCCc1cccc2c1C1(CCN(C)CC1)CN2. The van der Waals surface area contributed by atoms with Crippen molar-refractivity contribution < 1.29 is 0 Å². The van der Waals surface area contributed by atoms with Crippen molar-refractivity contribution in [1.82, 2.24) is 4.90 Å². The van der Waals surface area contributed by atoms with Crippen LogP contribution < -0.4 is 5.32 Å². The van der Waals surface area contributed by atoms with E-state index in [-0.39, 0.29) is 0 Å². The number of piperidine rings is 1. The Morgan fingerprint density at radius 2 is 2.06 bits per heavy atom. The first kappa shape index (κ1) is 12.0. The van der Waals surface area contributed by atoms with E-state index >= 15 is 0 Å². The molecule has 2 aliphatic heterocycles. The van der Waals surface area contributed by atoms with Crippen molar-refractivity contribution in [3.63, 3.8) is 0 Å². The van der Waals surface area contributed by atoms with E-state index in [9.17, 15) is 0 Å². The highest BCUT2D eigenvalue weighted by molar-refractivity contribution is 5.63. The first-order valence-electron chi connectivity index (χ1n) is 7.30. The molecular formula is C16H24N2. The lowest BCUT2D eigenvalue weighted by atomic mass is 9.72. The number of benzene rings is 1. The standard InChI is InChI=1S/C16H24N2/c1-3-5-13-6-4-7-14-15(13)16(12-17-14)8-10-18(2)11-9-16/h4,6-7,17H,3,5,8-12H2,1-2H3. The number of rotatable bonds is 2. The van der Waals surface area contributed by atoms with Crippen molar-refractivity contribution in [2.45, 2.75) is 38.0 Å². The molecule has 2 heteroatoms. The topological polar surface area (TPSA) is 15.3 Å². The summed E-state index contributed by atoms with van der Waals surface area (Å²) in [5, 5.41) is 3.66. The van der Waals surface area contributed by atoms with E-state index in [4.69, 9.17) is 0 Å². The summed E-state index contributed by atoms with van der Waals surface area (Å²) in [7, 11) is 2.24. The van der Waals surface area contributed by atoms with E-state index in [1.165, 1.54) is 44.5 Å². The van der Waals surface area contributed by atoms with Crippen LogP contribution in [0.1, 0.15) is 37.3 Å². The maximum atomic E-state index is 3.66. The van der Waals surface area contributed by atoms with Crippen LogP contribution in [0.25, 0.3) is 0 Å². The van der Waals surface area contributed by atoms with Crippen LogP contribution in [-0.2, 0) is 11.8 Å². The molecule has 1 aromatic carbocycles. The highest BCUT2D eigenvalue weighted by atomic mass is 15.1. The number of hydrogen-bond acceptors (Lipinski definition) is 2. The fourth-order valence-corrected chi connectivity index (χ4v) is 3.68. The van der Waals surface area contributed by atoms with E-state index in [0.29, 0.717) is 5.41 Å². The summed E-state index contributed by atoms with van der Waals surface area (Å²) in [4.78, 5) is 2.46. The fraction of sp³-hybridized carbons (Fsp3) is 0.625. The molecule has 0 bridgehead atoms. The van der Waals surface area contributed by atoms with E-state index in [1.807, 2.05) is 0 Å². The summed E-state index contributed by atoms with van der Waals surface area (Å²) < 4.78 is 0. The Kier molecular flexibility index (Phi) is 3.06. The Morgan fingerprint density at radius 1 is 1.28 bits per heavy atom. The maximum absolute atomic E-state index is 3.66. The molecule has 1 spiro atoms. The second-order valence-electron chi connectivity index (χ2n) is 6.03. The van der Waals surface area contributed by atoms with Crippen LogP contribution in [0, 0.1) is 0 Å². The van der Waals surface area contributed by atoms with E-state index < -0.39 is 0 Å². The number of aryl methyl sites for hydroxylation is 1. The molecule has 0 amide bonds. The Balaban J connectivity index is 1.99. The molecule has 0 aromatic heterocycles. The number of likely N-dealkylation sites (tertiary alicyclic amines) is 1. The van der Waals surface area contributed by atoms with Gasteiger partial charge in [-0.25, -0.2) is 0 Å². The van der Waals surface area contributed by atoms with Crippen LogP contribution in [0.5, 0.6) is 0 Å². The number of nitrogens with one attached hydrogen (secondary N) is 1. The zero-order valence-electron chi connectivity index (χ0n) is 11.6. The number of fused-ring (bicyclic) bond motifs is 2. The number of nitrogens with zero attached hydrogens (tertiary/aromatic N) is 1. The minimum atomic E-state index is 0.424. The summed E-state index contributed by atoms with van der Waals surface area (Å²) in [6, 6.07) is 6.82. The van der Waals surface area contributed by atoms with Gasteiger partial charge >= 0.3 is 0 Å². The van der Waals surface area contributed by atoms with Crippen molar-refractivity contribution in [3.05, 3.63) is 29.3 Å². The highest BCUT2D eigenvalue weighted by Gasteiger charge is 2.41. The second kappa shape index (κ2) is 4.58. The summed E-state index contributed by atoms with van der Waals surface area (Å²) in [6.07, 6.45) is 5.09. The van der Waals surface area contributed by atoms with Gasteiger partial charge in [0.15, 0.2) is 0 Å². The smallest absolute Gasteiger partial charge is 0.0382 e. The van der Waals surface area contributed by atoms with Crippen molar-refractivity contribution in [3.8, 4) is 0 Å². The first-order chi connectivity index (χ1) is 8.75. The summed E-state index contributed by atoms with van der Waals surface area (Å²) in [6.45, 7) is 5.91. The molecular weight excluding hydrogens is 220 g/mol. The molecule has 0 aliphatic carbocycles. The van der Waals surface area contributed by atoms with Gasteiger partial charge in [-0.05, 0) is 56.6 Å². The third-order valence-corrected chi connectivity index (χ3v) is 4.76. The van der Waals surface area contributed by atoms with Crippen LogP contribution in [0.3, 0.4) is 0 Å². The van der Waals surface area contributed by atoms with Crippen molar-refractivity contribution in [2.24, 2.45) is 0 Å². The molecule has 0 saturated carbocycles. The molecule has 0 radical (unpaired) electrons. The Hall–Kier alpha value is -1.02. The zero-order chi connectivity index (χ0) is 12.6. The van der Waals surface area contributed by atoms with Gasteiger partial charge in [-0.15, -0.1) is 0 Å². The predicted molar refractivity (Wildman–Crippen MR) is 77.3 cm³/mol. The van der Waals surface area contributed by atoms with Crippen LogP contribution >= 0.6 is 0 Å². The Morgan fingerprint density at radius 3 is 2.78 bits per heavy atom. The zero-order valence-corrected chi connectivity index (χ0v) is 11.6. The monoisotopic (exact) mass is 244 g/mol. The molecule has 0 atom stereocenters. The molecule has 3 rings (SSSR count). The molecule has 2 nitrogen and oxygen atoms in total. The molecule has 18 heavy (non-hydrogen) atoms. The van der Waals surface area contributed by atoms with Crippen LogP contribution in [0.15, 0.2) is 18.2 Å². The second-order valence-corrected chi connectivity index (χ2v) is 6.03. The Bertz CT molecular complexity index is 431. The molecule has 1 saturated heterocycles. The molecule has 2 heterocycles. The predicted octanol–water partition coefficient (Wildman–Crippen LogP) is 3.03. The van der Waals surface area contributed by atoms with Gasteiger partial charge in [-0.2, -0.15) is 0 Å². The third-order valence-electron chi connectivity index (χ3n) is 4.76. The summed E-state index contributed by atoms with van der Waals surface area (Å²) in [5.74, 6) is 0. The maximum Gasteiger partial charge on any atom is 0.0382 e. The van der Waals surface area contributed by atoms with Crippen molar-refractivity contribution >= 4 is 5.69 Å². The lowest BCUT2D eigenvalue weighted by Gasteiger charge is -2.38. The quantitative estimate of drug-likeness (QED) is 0.860. The number of hydrogen-bond donors (Lipinski definition) is 1. The average Bonchev–Trinajstić information content (AvgIpc) is 2.74. The number of anilines is 1. The van der Waals surface area contributed by atoms with Gasteiger partial charge in [-0.3, -0.25) is 0 Å². The largest absolute Gasteiger partial charge is 0.384 e. The van der Waals surface area contributed by atoms with Gasteiger partial charge < -0.3 is 10.2 Å². The molecule has 98 valence electrons. The van der Waals surface area contributed by atoms with Crippen LogP contribution in [-0.4, -0.2) is 31.6 Å². The molecule has 1 aromatic rings. The van der Waals surface area contributed by atoms with Crippen LogP contribution in [0.4, 0.5) is 5.69 Å². The van der Waals surface area contributed by atoms with E-state index in [2.05, 4.69) is 42.4 Å². The van der Waals surface area contributed by atoms with Gasteiger partial charge in [0.1, 0.15) is 0 Å². The molecule has 0 unspecified atom stereocenters. The summed E-state index contributed by atoms with van der Waals surface area (Å²) >= 11 is 0. The lowest BCUT2D eigenvalue weighted by molar-refractivity contribution is 0.199. The van der Waals surface area contributed by atoms with Crippen LogP contribution in [0.2, 0.25) is 0 Å². The molecule has 1 N–H and O–H groups in total. The molecule has 2 aliphatic rings. The summed E-state index contributed by atoms with van der Waals surface area (Å²) in [5.41, 5.74) is 5.07. The van der Waals surface area contributed by atoms with Gasteiger partial charge in [0.25, 0.3) is 0 Å². The average molecular weight is 244 g/mol. The Labute approximate surface area is 110 Å². The van der Waals surface area contributed by atoms with Gasteiger partial charge in [-0.1, -0.05) is 25.5 Å².